The first kappa shape index (κ1) is 27.6. The average molecular weight is 682 g/mol. The van der Waals surface area contributed by atoms with Crippen molar-refractivity contribution in [2.24, 2.45) is 5.10 Å². The monoisotopic (exact) mass is 679 g/mol. The predicted octanol–water partition coefficient (Wildman–Crippen LogP) is 8.01. The van der Waals surface area contributed by atoms with Crippen LogP contribution in [-0.4, -0.2) is 30.2 Å². The summed E-state index contributed by atoms with van der Waals surface area (Å²) in [7, 11) is 1.55. The van der Waals surface area contributed by atoms with E-state index in [-0.39, 0.29) is 5.75 Å². The number of nitrogens with zero attached hydrogens (tertiary/aromatic N) is 1. The van der Waals surface area contributed by atoms with Gasteiger partial charge < -0.3 is 14.5 Å². The molecule has 1 aromatic heterocycles. The average Bonchev–Trinajstić information content (AvgIpc) is 3.34. The number of fused-ring (bicyclic) bond motifs is 1. The Morgan fingerprint density at radius 1 is 0.975 bits per heavy atom. The molecular weight excluding hydrogens is 662 g/mol. The first-order valence-electron chi connectivity index (χ1n) is 11.9. The van der Waals surface area contributed by atoms with Crippen LogP contribution in [0.1, 0.15) is 26.4 Å². The topological polar surface area (TPSA) is 92.8 Å². The Bertz CT molecular complexity index is 1750. The Morgan fingerprint density at radius 2 is 1.73 bits per heavy atom. The second kappa shape index (κ2) is 12.1. The molecule has 0 aliphatic carbocycles. The maximum absolute atomic E-state index is 13.3. The van der Waals surface area contributed by atoms with E-state index in [1.54, 1.807) is 49.6 Å². The summed E-state index contributed by atoms with van der Waals surface area (Å²) in [5, 5.41) is 5.54. The van der Waals surface area contributed by atoms with Crippen molar-refractivity contribution in [1.29, 1.82) is 0 Å². The molecule has 0 saturated heterocycles. The fraction of sp³-hybridized carbons (Fsp3) is 0.0333. The molecule has 200 valence electrons. The summed E-state index contributed by atoms with van der Waals surface area (Å²) in [6, 6.07) is 25.0. The zero-order valence-corrected chi connectivity index (χ0v) is 24.8. The number of aromatic amines is 1. The molecule has 10 heteroatoms. The molecule has 2 N–H and O–H groups in total. The molecule has 0 fully saturated rings. The third-order valence-corrected chi connectivity index (χ3v) is 7.26. The summed E-state index contributed by atoms with van der Waals surface area (Å²) in [4.78, 5) is 29.3. The van der Waals surface area contributed by atoms with Gasteiger partial charge in [0.15, 0.2) is 5.75 Å². The highest BCUT2D eigenvalue weighted by Gasteiger charge is 2.20. The van der Waals surface area contributed by atoms with Crippen molar-refractivity contribution >= 4 is 72.5 Å². The molecule has 7 nitrogen and oxygen atoms in total. The Hall–Kier alpha value is -3.92. The van der Waals surface area contributed by atoms with E-state index in [1.807, 2.05) is 42.5 Å². The van der Waals surface area contributed by atoms with Crippen LogP contribution < -0.4 is 14.9 Å². The molecule has 0 atom stereocenters. The number of nitrogens with one attached hydrogen (secondary N) is 2. The van der Waals surface area contributed by atoms with E-state index in [0.29, 0.717) is 37.6 Å². The minimum atomic E-state index is -0.561. The van der Waals surface area contributed by atoms with Crippen LogP contribution in [0.15, 0.2) is 99.0 Å². The molecule has 0 aliphatic rings. The lowest BCUT2D eigenvalue weighted by Gasteiger charge is -2.11. The lowest BCUT2D eigenvalue weighted by atomic mass is 10.0. The van der Waals surface area contributed by atoms with Crippen molar-refractivity contribution in [3.63, 3.8) is 0 Å². The minimum absolute atomic E-state index is 0.243. The van der Waals surface area contributed by atoms with Crippen molar-refractivity contribution in [2.45, 2.75) is 0 Å². The molecule has 0 unspecified atom stereocenters. The maximum Gasteiger partial charge on any atom is 0.343 e. The molecule has 0 bridgehead atoms. The third kappa shape index (κ3) is 5.96. The second-order valence-corrected chi connectivity index (χ2v) is 10.8. The van der Waals surface area contributed by atoms with E-state index in [4.69, 9.17) is 21.1 Å². The summed E-state index contributed by atoms with van der Waals surface area (Å²) in [5.41, 5.74) is 6.05. The van der Waals surface area contributed by atoms with E-state index in [0.717, 1.165) is 20.9 Å². The van der Waals surface area contributed by atoms with Gasteiger partial charge in [-0.15, -0.1) is 0 Å². The molecule has 1 amide bonds. The van der Waals surface area contributed by atoms with Gasteiger partial charge in [0.25, 0.3) is 5.91 Å². The summed E-state index contributed by atoms with van der Waals surface area (Å²) in [5.74, 6) is -0.146. The van der Waals surface area contributed by atoms with Gasteiger partial charge in [0, 0.05) is 31.5 Å². The number of methoxy groups -OCH3 is 1. The van der Waals surface area contributed by atoms with Crippen LogP contribution in [-0.2, 0) is 0 Å². The molecule has 0 spiro atoms. The number of carbonyl (C=O) groups excluding carboxylic acids is 2. The highest BCUT2D eigenvalue weighted by molar-refractivity contribution is 9.11. The van der Waals surface area contributed by atoms with Crippen molar-refractivity contribution in [2.75, 3.05) is 7.11 Å². The Morgan fingerprint density at radius 3 is 2.45 bits per heavy atom. The molecule has 4 aromatic carbocycles. The number of ether oxygens (including phenoxy) is 2. The fourth-order valence-electron chi connectivity index (χ4n) is 4.12. The first-order valence-corrected chi connectivity index (χ1v) is 13.9. The molecular formula is C30H20Br2ClN3O4. The number of carbonyl (C=O) groups is 2. The van der Waals surface area contributed by atoms with Crippen LogP contribution in [0.5, 0.6) is 11.5 Å². The normalized spacial score (nSPS) is 11.1. The van der Waals surface area contributed by atoms with Crippen molar-refractivity contribution in [3.8, 4) is 22.6 Å². The van der Waals surface area contributed by atoms with Gasteiger partial charge in [0.1, 0.15) is 11.4 Å². The molecule has 0 saturated carbocycles. The highest BCUT2D eigenvalue weighted by atomic mass is 79.9. The molecule has 40 heavy (non-hydrogen) atoms. The molecule has 1 heterocycles. The number of hydrogen-bond acceptors (Lipinski definition) is 5. The number of H-pyrrole nitrogens is 1. The van der Waals surface area contributed by atoms with Crippen LogP contribution >= 0.6 is 43.5 Å². The van der Waals surface area contributed by atoms with Gasteiger partial charge in [-0.25, -0.2) is 10.2 Å². The van der Waals surface area contributed by atoms with Crippen LogP contribution in [0.3, 0.4) is 0 Å². The highest BCUT2D eigenvalue weighted by Crippen LogP contribution is 2.35. The van der Waals surface area contributed by atoms with Crippen LogP contribution in [0.25, 0.3) is 22.0 Å². The molecule has 0 radical (unpaired) electrons. The molecule has 5 rings (SSSR count). The number of benzene rings is 4. The summed E-state index contributed by atoms with van der Waals surface area (Å²) < 4.78 is 12.1. The maximum atomic E-state index is 13.3. The van der Waals surface area contributed by atoms with Crippen molar-refractivity contribution < 1.29 is 19.1 Å². The number of rotatable bonds is 7. The van der Waals surface area contributed by atoms with Gasteiger partial charge in [-0.1, -0.05) is 57.9 Å². The van der Waals surface area contributed by atoms with Crippen molar-refractivity contribution in [3.05, 3.63) is 116 Å². The van der Waals surface area contributed by atoms with E-state index in [2.05, 4.69) is 47.4 Å². The Labute approximate surface area is 251 Å². The van der Waals surface area contributed by atoms with E-state index in [1.165, 1.54) is 6.21 Å². The van der Waals surface area contributed by atoms with Crippen LogP contribution in [0.4, 0.5) is 0 Å². The number of amides is 1. The third-order valence-electron chi connectivity index (χ3n) is 5.98. The summed E-state index contributed by atoms with van der Waals surface area (Å²) in [6.45, 7) is 0. The lowest BCUT2D eigenvalue weighted by molar-refractivity contribution is 0.0732. The minimum Gasteiger partial charge on any atom is -0.497 e. The number of hydrazone groups is 1. The van der Waals surface area contributed by atoms with Gasteiger partial charge in [-0.05, 0) is 76.1 Å². The van der Waals surface area contributed by atoms with Gasteiger partial charge in [-0.3, -0.25) is 4.79 Å². The zero-order chi connectivity index (χ0) is 28.2. The van der Waals surface area contributed by atoms with Gasteiger partial charge in [-0.2, -0.15) is 5.10 Å². The fourth-order valence-corrected chi connectivity index (χ4v) is 5.63. The van der Waals surface area contributed by atoms with E-state index >= 15 is 0 Å². The SMILES string of the molecule is COc1ccc(C(=O)Oc2c(Br)cc(Br)cc2C=NNC(=O)c2[nH]c3ccc(Cl)cc3c2-c2ccccc2)cc1. The number of esters is 1. The quantitative estimate of drug-likeness (QED) is 0.0788. The smallest absolute Gasteiger partial charge is 0.343 e. The van der Waals surface area contributed by atoms with Gasteiger partial charge >= 0.3 is 5.97 Å². The summed E-state index contributed by atoms with van der Waals surface area (Å²) >= 11 is 13.2. The largest absolute Gasteiger partial charge is 0.497 e. The lowest BCUT2D eigenvalue weighted by Crippen LogP contribution is -2.19. The zero-order valence-electron chi connectivity index (χ0n) is 20.9. The number of hydrogen-bond donors (Lipinski definition) is 2. The van der Waals surface area contributed by atoms with Crippen LogP contribution in [0.2, 0.25) is 5.02 Å². The van der Waals surface area contributed by atoms with Gasteiger partial charge in [0.2, 0.25) is 0 Å². The van der Waals surface area contributed by atoms with E-state index in [9.17, 15) is 9.59 Å². The standard InChI is InChI=1S/C30H20Br2ClN3O4/c1-39-22-10-7-18(8-11-22)30(38)40-28-19(13-20(31)14-24(28)32)16-34-36-29(37)27-26(17-5-3-2-4-6-17)23-15-21(33)9-12-25(23)35-27/h2-16,35H,1H3,(H,36,37). The first-order chi connectivity index (χ1) is 19.3. The Balaban J connectivity index is 1.42. The van der Waals surface area contributed by atoms with Gasteiger partial charge in [0.05, 0.1) is 23.4 Å². The van der Waals surface area contributed by atoms with Crippen LogP contribution in [0, 0.1) is 0 Å². The van der Waals surface area contributed by atoms with Crippen molar-refractivity contribution in [1.82, 2.24) is 10.4 Å². The summed E-state index contributed by atoms with van der Waals surface area (Å²) in [6.07, 6.45) is 1.41. The predicted molar refractivity (Wildman–Crippen MR) is 164 cm³/mol. The number of halogens is 3. The molecule has 0 aliphatic heterocycles. The second-order valence-electron chi connectivity index (χ2n) is 8.55. The number of aromatic nitrogens is 1. The van der Waals surface area contributed by atoms with E-state index < -0.39 is 11.9 Å². The Kier molecular flexibility index (Phi) is 8.35. The molecule has 5 aromatic rings.